The number of urea groups is 1. The predicted molar refractivity (Wildman–Crippen MR) is 219 cm³/mol. The maximum Gasteiger partial charge on any atom is 0.573 e. The number of amides is 4. The number of hydrogen-bond donors (Lipinski definition) is 5. The van der Waals surface area contributed by atoms with Gasteiger partial charge in [-0.25, -0.2) is 19.2 Å². The minimum Gasteiger partial charge on any atom is -0.405 e. The first-order chi connectivity index (χ1) is 28.9. The molecule has 6 rings (SSSR count). The first kappa shape index (κ1) is 44.8. The second kappa shape index (κ2) is 18.4. The number of ether oxygens (including phenoxy) is 2. The molecule has 15 nitrogen and oxygen atoms in total. The van der Waals surface area contributed by atoms with Crippen LogP contribution in [0.1, 0.15) is 63.3 Å². The number of aliphatic hydroxyl groups excluding tert-OH is 1. The van der Waals surface area contributed by atoms with Crippen molar-refractivity contribution in [1.82, 2.24) is 35.4 Å². The van der Waals surface area contributed by atoms with Crippen LogP contribution in [0.15, 0.2) is 60.9 Å². The number of H-pyrrole nitrogens is 1. The Hall–Kier alpha value is -5.79. The highest BCUT2D eigenvalue weighted by Gasteiger charge is 2.40. The number of likely N-dealkylation sites (tertiary alicyclic amines) is 1. The zero-order chi connectivity index (χ0) is 44.3. The van der Waals surface area contributed by atoms with Crippen molar-refractivity contribution in [2.75, 3.05) is 44.0 Å². The van der Waals surface area contributed by atoms with E-state index in [0.29, 0.717) is 49.0 Å². The van der Waals surface area contributed by atoms with Crippen LogP contribution in [-0.4, -0.2) is 112 Å². The fourth-order valence-electron chi connectivity index (χ4n) is 7.82. The molecule has 4 heterocycles. The summed E-state index contributed by atoms with van der Waals surface area (Å²) in [5.74, 6) is -1.64. The third-order valence-electron chi connectivity index (χ3n) is 11.0. The number of aliphatic hydroxyl groups is 1. The number of piperazine rings is 1. The molecule has 0 bridgehead atoms. The lowest BCUT2D eigenvalue weighted by molar-refractivity contribution is -0.274. The number of halogens is 4. The molecule has 61 heavy (non-hydrogen) atoms. The van der Waals surface area contributed by atoms with Gasteiger partial charge >= 0.3 is 12.4 Å². The van der Waals surface area contributed by atoms with E-state index in [2.05, 4.69) is 35.6 Å². The summed E-state index contributed by atoms with van der Waals surface area (Å²) in [7, 11) is 2.89. The quantitative estimate of drug-likeness (QED) is 0.0826. The monoisotopic (exact) mass is 853 g/mol. The number of anilines is 2. The van der Waals surface area contributed by atoms with Crippen molar-refractivity contribution in [3.05, 3.63) is 78.1 Å². The molecule has 5 N–H and O–H groups in total. The third-order valence-corrected chi connectivity index (χ3v) is 11.0. The fraction of sp³-hybridized carbons (Fsp3) is 0.452. The van der Waals surface area contributed by atoms with E-state index < -0.39 is 42.0 Å². The minimum absolute atomic E-state index is 0.0354. The van der Waals surface area contributed by atoms with Crippen LogP contribution in [0.5, 0.6) is 5.75 Å². The largest absolute Gasteiger partial charge is 0.573 e. The molecule has 2 aromatic carbocycles. The number of aromatic amines is 1. The van der Waals surface area contributed by atoms with Crippen LogP contribution in [0.25, 0.3) is 22.4 Å². The third kappa shape index (κ3) is 10.2. The summed E-state index contributed by atoms with van der Waals surface area (Å²) in [4.78, 5) is 56.9. The number of imidazole rings is 1. The lowest BCUT2D eigenvalue weighted by Crippen LogP contribution is -2.60. The molecule has 0 spiro atoms. The van der Waals surface area contributed by atoms with Crippen LogP contribution in [0.2, 0.25) is 0 Å². The highest BCUT2D eigenvalue weighted by molar-refractivity contribution is 6.04. The van der Waals surface area contributed by atoms with Crippen molar-refractivity contribution in [2.45, 2.75) is 78.0 Å². The van der Waals surface area contributed by atoms with Crippen LogP contribution in [0.4, 0.5) is 33.9 Å². The number of carbonyl (C=O) groups is 3. The molecule has 0 radical (unpaired) electrons. The van der Waals surface area contributed by atoms with Gasteiger partial charge in [0, 0.05) is 63.7 Å². The van der Waals surface area contributed by atoms with Crippen molar-refractivity contribution in [3.8, 4) is 28.1 Å². The zero-order valence-electron chi connectivity index (χ0n) is 34.9. The number of aromatic nitrogens is 3. The van der Waals surface area contributed by atoms with Gasteiger partial charge in [-0.3, -0.25) is 14.9 Å². The Morgan fingerprint density at radius 3 is 2.26 bits per heavy atom. The molecule has 328 valence electrons. The number of methoxy groups -OCH3 is 1. The van der Waals surface area contributed by atoms with E-state index in [1.807, 2.05) is 39.5 Å². The molecular formula is C42H51F4N9O6. The normalized spacial score (nSPS) is 20.4. The summed E-state index contributed by atoms with van der Waals surface area (Å²) in [6, 6.07) is 9.51. The van der Waals surface area contributed by atoms with Crippen LogP contribution in [0.3, 0.4) is 0 Å². The average Bonchev–Trinajstić information content (AvgIpc) is 3.87. The molecule has 2 aliphatic rings. The topological polar surface area (TPSA) is 177 Å². The number of carbonyl (C=O) groups excluding carboxylic acids is 3. The summed E-state index contributed by atoms with van der Waals surface area (Å²) in [5, 5.41) is 17.8. The molecule has 2 saturated heterocycles. The molecular weight excluding hydrogens is 803 g/mol. The molecule has 4 aromatic rings. The first-order valence-electron chi connectivity index (χ1n) is 19.9. The minimum atomic E-state index is -5.14. The van der Waals surface area contributed by atoms with Crippen molar-refractivity contribution in [2.24, 2.45) is 11.8 Å². The van der Waals surface area contributed by atoms with Gasteiger partial charge in [0.1, 0.15) is 23.2 Å². The molecule has 2 aliphatic heterocycles. The Bertz CT molecular complexity index is 2190. The predicted octanol–water partition coefficient (Wildman–Crippen LogP) is 6.11. The molecule has 19 heteroatoms. The smallest absolute Gasteiger partial charge is 0.405 e. The van der Waals surface area contributed by atoms with Crippen molar-refractivity contribution in [3.63, 3.8) is 0 Å². The lowest BCUT2D eigenvalue weighted by atomic mass is 10.0. The van der Waals surface area contributed by atoms with Gasteiger partial charge in [-0.05, 0) is 61.4 Å². The molecule has 0 aliphatic carbocycles. The Kier molecular flexibility index (Phi) is 13.5. The van der Waals surface area contributed by atoms with Crippen molar-refractivity contribution >= 4 is 29.4 Å². The standard InChI is InChI=1S/C42H51F4N9O6/c1-22(2)36(52-41(59)60-7)39(57)55-19-23(3)14-33(55)37-49-18-32(50-37)27-10-8-26(9-11-27)29-15-30(43)31(16-34(29)61-42(44,45)46)51-38(56)28-12-13-35(48-17-28)53-20-25(5)54(21-24(53)4)40(58)47-6/h8-13,15-18,22-25,33,36,41,52,59H,14,19-21H2,1-7H3,(H,47,58)(H,49,50)(H,51,56)/t23-,24+,25-,33-,36-,41?/m0/s1. The molecule has 6 atom stereocenters. The Balaban J connectivity index is 1.18. The highest BCUT2D eigenvalue weighted by atomic mass is 19.4. The van der Waals surface area contributed by atoms with Crippen LogP contribution in [-0.2, 0) is 9.53 Å². The number of hydrogen-bond acceptors (Lipinski definition) is 10. The van der Waals surface area contributed by atoms with Gasteiger partial charge in [-0.2, -0.15) is 0 Å². The summed E-state index contributed by atoms with van der Waals surface area (Å²) in [5.41, 5.74) is 0.683. The molecule has 2 aromatic heterocycles. The van der Waals surface area contributed by atoms with Crippen LogP contribution >= 0.6 is 0 Å². The van der Waals surface area contributed by atoms with Crippen molar-refractivity contribution in [1.29, 1.82) is 0 Å². The molecule has 4 amide bonds. The van der Waals surface area contributed by atoms with E-state index in [-0.39, 0.29) is 58.6 Å². The van der Waals surface area contributed by atoms with Crippen molar-refractivity contribution < 1.29 is 46.5 Å². The number of nitrogens with zero attached hydrogens (tertiary/aromatic N) is 5. The molecule has 2 fully saturated rings. The van der Waals surface area contributed by atoms with E-state index in [0.717, 1.165) is 12.1 Å². The van der Waals surface area contributed by atoms with Gasteiger partial charge in [-0.1, -0.05) is 45.0 Å². The SMILES string of the molecule is CNC(=O)N1C[C@@H](C)N(c2ccc(C(=O)Nc3cc(OC(F)(F)F)c(-c4ccc(-c5cnc([C@@H]6C[C@H](C)CN6C(=O)[C@@H](NC(O)OC)C(C)C)[nH]5)cc4)cc3F)cn2)C[C@@H]1C. The van der Waals surface area contributed by atoms with E-state index in [4.69, 9.17) is 4.74 Å². The molecule has 1 unspecified atom stereocenters. The summed E-state index contributed by atoms with van der Waals surface area (Å²) in [6.07, 6.45) is -2.93. The first-order valence-corrected chi connectivity index (χ1v) is 19.9. The second-order valence-electron chi connectivity index (χ2n) is 15.9. The Morgan fingerprint density at radius 2 is 1.64 bits per heavy atom. The lowest BCUT2D eigenvalue weighted by Gasteiger charge is -2.44. The number of pyridine rings is 1. The zero-order valence-corrected chi connectivity index (χ0v) is 34.9. The highest BCUT2D eigenvalue weighted by Crippen LogP contribution is 2.40. The Morgan fingerprint density at radius 1 is 0.934 bits per heavy atom. The van der Waals surface area contributed by atoms with E-state index in [1.54, 1.807) is 41.2 Å². The van der Waals surface area contributed by atoms with Gasteiger partial charge in [0.25, 0.3) is 5.91 Å². The summed E-state index contributed by atoms with van der Waals surface area (Å²) >= 11 is 0. The Labute approximate surface area is 350 Å². The van der Waals surface area contributed by atoms with Gasteiger partial charge in [-0.15, -0.1) is 13.2 Å². The summed E-state index contributed by atoms with van der Waals surface area (Å²) in [6.45, 7) is 11.0. The molecule has 0 saturated carbocycles. The van der Waals surface area contributed by atoms with Crippen LogP contribution < -0.4 is 25.6 Å². The van der Waals surface area contributed by atoms with Gasteiger partial charge in [0.15, 0.2) is 0 Å². The number of rotatable bonds is 12. The maximum absolute atomic E-state index is 15.6. The maximum atomic E-state index is 15.6. The van der Waals surface area contributed by atoms with Gasteiger partial charge in [0.05, 0.1) is 35.2 Å². The van der Waals surface area contributed by atoms with E-state index in [9.17, 15) is 32.7 Å². The second-order valence-corrected chi connectivity index (χ2v) is 15.9. The number of nitrogens with one attached hydrogen (secondary N) is 4. The number of alkyl halides is 3. The van der Waals surface area contributed by atoms with E-state index in [1.165, 1.54) is 31.5 Å². The number of benzene rings is 2. The van der Waals surface area contributed by atoms with Gasteiger partial charge < -0.3 is 44.9 Å². The van der Waals surface area contributed by atoms with Gasteiger partial charge in [0.2, 0.25) is 12.3 Å². The average molecular weight is 854 g/mol. The van der Waals surface area contributed by atoms with Crippen LogP contribution in [0, 0.1) is 17.7 Å². The fourth-order valence-corrected chi connectivity index (χ4v) is 7.82. The van der Waals surface area contributed by atoms with E-state index >= 15 is 4.39 Å². The summed E-state index contributed by atoms with van der Waals surface area (Å²) < 4.78 is 66.0.